The topological polar surface area (TPSA) is 100 Å². The molecule has 0 fully saturated rings. The Balaban J connectivity index is 1.91. The van der Waals surface area contributed by atoms with Gasteiger partial charge in [0, 0.05) is 17.3 Å². The number of fused-ring (bicyclic) bond motifs is 3. The van der Waals surface area contributed by atoms with Crippen LogP contribution in [0.2, 0.25) is 0 Å². The monoisotopic (exact) mass is 284 g/mol. The van der Waals surface area contributed by atoms with Gasteiger partial charge in [0.15, 0.2) is 0 Å². The lowest BCUT2D eigenvalue weighted by atomic mass is 9.97. The van der Waals surface area contributed by atoms with Gasteiger partial charge in [0.2, 0.25) is 11.8 Å². The minimum absolute atomic E-state index is 0.162. The van der Waals surface area contributed by atoms with E-state index in [1.807, 2.05) is 31.2 Å². The molecule has 108 valence electrons. The Kier molecular flexibility index (Phi) is 3.21. The summed E-state index contributed by atoms with van der Waals surface area (Å²) in [7, 11) is 0. The fourth-order valence-electron chi connectivity index (χ4n) is 2.70. The third-order valence-corrected chi connectivity index (χ3v) is 3.66. The molecule has 6 heteroatoms. The van der Waals surface area contributed by atoms with Gasteiger partial charge in [-0.3, -0.25) is 14.6 Å². The van der Waals surface area contributed by atoms with Crippen LogP contribution in [0.1, 0.15) is 18.2 Å². The second-order valence-corrected chi connectivity index (χ2v) is 5.14. The van der Waals surface area contributed by atoms with Crippen LogP contribution >= 0.6 is 0 Å². The molecule has 2 heterocycles. The zero-order chi connectivity index (χ0) is 15.0. The number of nitrogens with one attached hydrogen (secondary N) is 2. The molecule has 2 amide bonds. The number of aromatic amines is 1. The van der Waals surface area contributed by atoms with Crippen molar-refractivity contribution in [1.29, 1.82) is 0 Å². The third-order valence-electron chi connectivity index (χ3n) is 3.66. The molecule has 1 aliphatic heterocycles. The number of amides is 2. The molecule has 0 saturated carbocycles. The SMILES string of the molecule is CC1=NC(C(=O)NCC(N)=O)Cc2c1[nH]c1ccccc21. The van der Waals surface area contributed by atoms with Gasteiger partial charge >= 0.3 is 0 Å². The molecule has 2 aromatic rings. The number of aromatic nitrogens is 1. The number of H-pyrrole nitrogens is 1. The summed E-state index contributed by atoms with van der Waals surface area (Å²) < 4.78 is 0. The Morgan fingerprint density at radius 3 is 2.95 bits per heavy atom. The lowest BCUT2D eigenvalue weighted by molar-refractivity contribution is -0.125. The maximum atomic E-state index is 12.1. The molecule has 3 rings (SSSR count). The van der Waals surface area contributed by atoms with E-state index in [1.54, 1.807) is 0 Å². The summed E-state index contributed by atoms with van der Waals surface area (Å²) in [5.74, 6) is -0.836. The second-order valence-electron chi connectivity index (χ2n) is 5.14. The summed E-state index contributed by atoms with van der Waals surface area (Å²) >= 11 is 0. The predicted octanol–water partition coefficient (Wildman–Crippen LogP) is 0.503. The largest absolute Gasteiger partial charge is 0.368 e. The van der Waals surface area contributed by atoms with Gasteiger partial charge in [-0.05, 0) is 18.6 Å². The molecule has 0 saturated heterocycles. The average molecular weight is 284 g/mol. The second kappa shape index (κ2) is 5.05. The summed E-state index contributed by atoms with van der Waals surface area (Å²) in [6, 6.07) is 7.45. The van der Waals surface area contributed by atoms with E-state index in [2.05, 4.69) is 15.3 Å². The minimum Gasteiger partial charge on any atom is -0.368 e. The molecule has 1 unspecified atom stereocenters. The van der Waals surface area contributed by atoms with E-state index in [0.717, 1.165) is 27.9 Å². The van der Waals surface area contributed by atoms with E-state index < -0.39 is 11.9 Å². The van der Waals surface area contributed by atoms with E-state index in [4.69, 9.17) is 5.73 Å². The standard InChI is InChI=1S/C15H16N4O2/c1-8-14-10(9-4-2-3-5-11(9)19-14)6-12(18-8)15(21)17-7-13(16)20/h2-5,12,19H,6-7H2,1H3,(H2,16,20)(H,17,21). The fraction of sp³-hybridized carbons (Fsp3) is 0.267. The smallest absolute Gasteiger partial charge is 0.245 e. The van der Waals surface area contributed by atoms with Crippen LogP contribution < -0.4 is 11.1 Å². The van der Waals surface area contributed by atoms with Crippen LogP contribution in [-0.4, -0.2) is 35.1 Å². The van der Waals surface area contributed by atoms with Crippen molar-refractivity contribution in [2.24, 2.45) is 10.7 Å². The van der Waals surface area contributed by atoms with Gasteiger partial charge in [0.1, 0.15) is 6.04 Å². The molecule has 0 bridgehead atoms. The fourth-order valence-corrected chi connectivity index (χ4v) is 2.70. The molecule has 6 nitrogen and oxygen atoms in total. The molecule has 4 N–H and O–H groups in total. The number of rotatable bonds is 3. The highest BCUT2D eigenvalue weighted by atomic mass is 16.2. The Morgan fingerprint density at radius 2 is 2.19 bits per heavy atom. The van der Waals surface area contributed by atoms with Crippen molar-refractivity contribution >= 4 is 28.4 Å². The van der Waals surface area contributed by atoms with Gasteiger partial charge in [-0.15, -0.1) is 0 Å². The van der Waals surface area contributed by atoms with Crippen molar-refractivity contribution in [3.05, 3.63) is 35.5 Å². The zero-order valence-electron chi connectivity index (χ0n) is 11.6. The van der Waals surface area contributed by atoms with Crippen molar-refractivity contribution in [1.82, 2.24) is 10.3 Å². The highest BCUT2D eigenvalue weighted by molar-refractivity contribution is 6.06. The van der Waals surface area contributed by atoms with Crippen LogP contribution in [0.4, 0.5) is 0 Å². The summed E-state index contributed by atoms with van der Waals surface area (Å²) in [6.45, 7) is 1.71. The van der Waals surface area contributed by atoms with Crippen molar-refractivity contribution in [3.63, 3.8) is 0 Å². The Labute approximate surface area is 121 Å². The Hall–Kier alpha value is -2.63. The normalized spacial score (nSPS) is 17.2. The van der Waals surface area contributed by atoms with E-state index in [-0.39, 0.29) is 12.5 Å². The van der Waals surface area contributed by atoms with Crippen LogP contribution in [0, 0.1) is 0 Å². The number of carbonyl (C=O) groups is 2. The Bertz CT molecular complexity index is 760. The molecule has 1 aromatic heterocycles. The van der Waals surface area contributed by atoms with E-state index in [0.29, 0.717) is 6.42 Å². The quantitative estimate of drug-likeness (QED) is 0.764. The predicted molar refractivity (Wildman–Crippen MR) is 80.2 cm³/mol. The molecule has 0 aliphatic carbocycles. The first kappa shape index (κ1) is 13.4. The van der Waals surface area contributed by atoms with Crippen molar-refractivity contribution < 1.29 is 9.59 Å². The van der Waals surface area contributed by atoms with Crippen LogP contribution in [0.3, 0.4) is 0 Å². The molecule has 21 heavy (non-hydrogen) atoms. The summed E-state index contributed by atoms with van der Waals surface area (Å²) in [5.41, 5.74) is 8.95. The third kappa shape index (κ3) is 2.40. The van der Waals surface area contributed by atoms with Crippen LogP contribution in [-0.2, 0) is 16.0 Å². The van der Waals surface area contributed by atoms with Crippen LogP contribution in [0.25, 0.3) is 10.9 Å². The van der Waals surface area contributed by atoms with Gasteiger partial charge < -0.3 is 16.0 Å². The van der Waals surface area contributed by atoms with E-state index in [9.17, 15) is 9.59 Å². The number of primary amides is 1. The van der Waals surface area contributed by atoms with Gasteiger partial charge in [0.25, 0.3) is 0 Å². The number of para-hydroxylation sites is 1. The lowest BCUT2D eigenvalue weighted by Crippen LogP contribution is -2.41. The number of nitrogens with zero attached hydrogens (tertiary/aromatic N) is 1. The van der Waals surface area contributed by atoms with E-state index in [1.165, 1.54) is 0 Å². The van der Waals surface area contributed by atoms with Crippen molar-refractivity contribution in [2.75, 3.05) is 6.54 Å². The van der Waals surface area contributed by atoms with Crippen molar-refractivity contribution in [2.45, 2.75) is 19.4 Å². The van der Waals surface area contributed by atoms with Crippen LogP contribution in [0.5, 0.6) is 0 Å². The molecule has 1 aliphatic rings. The van der Waals surface area contributed by atoms with Gasteiger partial charge in [-0.2, -0.15) is 0 Å². The van der Waals surface area contributed by atoms with Crippen molar-refractivity contribution in [3.8, 4) is 0 Å². The van der Waals surface area contributed by atoms with Gasteiger partial charge in [-0.25, -0.2) is 0 Å². The average Bonchev–Trinajstić information content (AvgIpc) is 2.84. The first-order chi connectivity index (χ1) is 10.1. The van der Waals surface area contributed by atoms with Gasteiger partial charge in [0.05, 0.1) is 18.0 Å². The number of aliphatic imine (C=N–C) groups is 1. The number of hydrogen-bond donors (Lipinski definition) is 3. The molecular weight excluding hydrogens is 268 g/mol. The minimum atomic E-state index is -0.562. The number of benzene rings is 1. The Morgan fingerprint density at radius 1 is 1.43 bits per heavy atom. The first-order valence-electron chi connectivity index (χ1n) is 6.76. The highest BCUT2D eigenvalue weighted by Crippen LogP contribution is 2.28. The molecular formula is C15H16N4O2. The summed E-state index contributed by atoms with van der Waals surface area (Å²) in [4.78, 5) is 30.6. The number of carbonyl (C=O) groups excluding carboxylic acids is 2. The molecule has 1 aromatic carbocycles. The molecule has 1 atom stereocenters. The molecule has 0 spiro atoms. The zero-order valence-corrected chi connectivity index (χ0v) is 11.6. The number of hydrogen-bond acceptors (Lipinski definition) is 3. The molecule has 0 radical (unpaired) electrons. The van der Waals surface area contributed by atoms with Crippen LogP contribution in [0.15, 0.2) is 29.3 Å². The maximum Gasteiger partial charge on any atom is 0.245 e. The summed E-state index contributed by atoms with van der Waals surface area (Å²) in [6.07, 6.45) is 0.515. The van der Waals surface area contributed by atoms with Gasteiger partial charge in [-0.1, -0.05) is 18.2 Å². The number of nitrogens with two attached hydrogens (primary N) is 1. The lowest BCUT2D eigenvalue weighted by Gasteiger charge is -2.19. The highest BCUT2D eigenvalue weighted by Gasteiger charge is 2.27. The van der Waals surface area contributed by atoms with E-state index >= 15 is 0 Å². The first-order valence-corrected chi connectivity index (χ1v) is 6.76. The summed E-state index contributed by atoms with van der Waals surface area (Å²) in [5, 5.41) is 3.62. The maximum absolute atomic E-state index is 12.1.